The van der Waals surface area contributed by atoms with Crippen molar-refractivity contribution in [2.75, 3.05) is 13.1 Å². The summed E-state index contributed by atoms with van der Waals surface area (Å²) in [5, 5.41) is 3.46. The van der Waals surface area contributed by atoms with Gasteiger partial charge in [0.1, 0.15) is 0 Å². The maximum Gasteiger partial charge on any atom is 0.0589 e. The van der Waals surface area contributed by atoms with Gasteiger partial charge in [0, 0.05) is 18.6 Å². The van der Waals surface area contributed by atoms with Crippen molar-refractivity contribution in [3.05, 3.63) is 24.3 Å². The van der Waals surface area contributed by atoms with Crippen molar-refractivity contribution in [1.29, 1.82) is 0 Å². The number of hydrogen-bond donors (Lipinski definition) is 1. The number of nitrogens with one attached hydrogen (secondary N) is 1. The van der Waals surface area contributed by atoms with Crippen LogP contribution in [0.15, 0.2) is 18.6 Å². The molecule has 1 heterocycles. The van der Waals surface area contributed by atoms with Crippen LogP contribution >= 0.6 is 0 Å². The summed E-state index contributed by atoms with van der Waals surface area (Å²) < 4.78 is 0. The second kappa shape index (κ2) is 6.51. The smallest absolute Gasteiger partial charge is 0.0589 e. The molecule has 15 heavy (non-hydrogen) atoms. The van der Waals surface area contributed by atoms with Gasteiger partial charge in [-0.25, -0.2) is 0 Å². The van der Waals surface area contributed by atoms with Crippen molar-refractivity contribution >= 4 is 0 Å². The van der Waals surface area contributed by atoms with Crippen molar-refractivity contribution in [3.63, 3.8) is 0 Å². The molecule has 84 valence electrons. The lowest BCUT2D eigenvalue weighted by Gasteiger charge is -2.13. The maximum absolute atomic E-state index is 4.27. The van der Waals surface area contributed by atoms with Gasteiger partial charge in [-0.1, -0.05) is 20.8 Å². The predicted molar refractivity (Wildman–Crippen MR) is 62.6 cm³/mol. The summed E-state index contributed by atoms with van der Waals surface area (Å²) in [6, 6.07) is 0. The van der Waals surface area contributed by atoms with E-state index in [0.29, 0.717) is 11.8 Å². The second-order valence-electron chi connectivity index (χ2n) is 4.56. The minimum absolute atomic E-state index is 0.612. The summed E-state index contributed by atoms with van der Waals surface area (Å²) in [5.41, 5.74) is 1.08. The molecule has 0 saturated carbocycles. The van der Waals surface area contributed by atoms with Crippen molar-refractivity contribution in [2.45, 2.75) is 27.2 Å². The minimum atomic E-state index is 0.612. The molecule has 3 nitrogen and oxygen atoms in total. The lowest BCUT2D eigenvalue weighted by Crippen LogP contribution is -2.26. The molecule has 0 aliphatic heterocycles. The van der Waals surface area contributed by atoms with Gasteiger partial charge in [0.25, 0.3) is 0 Å². The van der Waals surface area contributed by atoms with Crippen molar-refractivity contribution in [2.24, 2.45) is 11.8 Å². The zero-order valence-electron chi connectivity index (χ0n) is 9.90. The van der Waals surface area contributed by atoms with Crippen molar-refractivity contribution in [1.82, 2.24) is 15.3 Å². The summed E-state index contributed by atoms with van der Waals surface area (Å²) >= 11 is 0. The van der Waals surface area contributed by atoms with E-state index in [9.17, 15) is 0 Å². The molecule has 0 aliphatic carbocycles. The molecule has 0 saturated heterocycles. The Hall–Kier alpha value is -0.960. The number of nitrogens with zero attached hydrogens (tertiary/aromatic N) is 2. The van der Waals surface area contributed by atoms with E-state index >= 15 is 0 Å². The van der Waals surface area contributed by atoms with Gasteiger partial charge in [0.15, 0.2) is 0 Å². The van der Waals surface area contributed by atoms with Crippen molar-refractivity contribution < 1.29 is 0 Å². The molecular formula is C12H21N3. The third-order valence-electron chi connectivity index (χ3n) is 2.22. The molecule has 1 atom stereocenters. The zero-order valence-corrected chi connectivity index (χ0v) is 9.90. The van der Waals surface area contributed by atoms with E-state index in [1.165, 1.54) is 0 Å². The molecular weight excluding hydrogens is 186 g/mol. The molecule has 0 amide bonds. The normalized spacial score (nSPS) is 13.1. The highest BCUT2D eigenvalue weighted by Gasteiger charge is 2.04. The molecule has 1 aromatic rings. The fraction of sp³-hybridized carbons (Fsp3) is 0.667. The average Bonchev–Trinajstić information content (AvgIpc) is 2.18. The highest BCUT2D eigenvalue weighted by molar-refractivity contribution is 4.95. The first-order chi connectivity index (χ1) is 7.18. The Bertz CT molecular complexity index is 259. The quantitative estimate of drug-likeness (QED) is 0.774. The fourth-order valence-electron chi connectivity index (χ4n) is 1.48. The topological polar surface area (TPSA) is 37.8 Å². The standard InChI is InChI=1S/C12H21N3/c1-10(2)7-14-8-11(3)6-12-9-13-4-5-15-12/h4-5,9-11,14H,6-8H2,1-3H3. The zero-order chi connectivity index (χ0) is 11.1. The van der Waals surface area contributed by atoms with Gasteiger partial charge in [0.05, 0.1) is 5.69 Å². The van der Waals surface area contributed by atoms with E-state index in [1.54, 1.807) is 12.4 Å². The molecule has 1 N–H and O–H groups in total. The highest BCUT2D eigenvalue weighted by Crippen LogP contribution is 2.03. The molecule has 0 radical (unpaired) electrons. The largest absolute Gasteiger partial charge is 0.316 e. The van der Waals surface area contributed by atoms with E-state index in [2.05, 4.69) is 36.1 Å². The molecule has 1 aromatic heterocycles. The van der Waals surface area contributed by atoms with Crippen LogP contribution in [0.25, 0.3) is 0 Å². The van der Waals surface area contributed by atoms with E-state index in [1.807, 2.05) is 6.20 Å². The predicted octanol–water partition coefficient (Wildman–Crippen LogP) is 1.90. The first-order valence-electron chi connectivity index (χ1n) is 5.64. The number of aromatic nitrogens is 2. The van der Waals surface area contributed by atoms with Crippen LogP contribution in [0, 0.1) is 11.8 Å². The van der Waals surface area contributed by atoms with Crippen LogP contribution < -0.4 is 5.32 Å². The fourth-order valence-corrected chi connectivity index (χ4v) is 1.48. The van der Waals surface area contributed by atoms with Crippen LogP contribution in [0.4, 0.5) is 0 Å². The van der Waals surface area contributed by atoms with Gasteiger partial charge >= 0.3 is 0 Å². The molecule has 0 spiro atoms. The lowest BCUT2D eigenvalue weighted by molar-refractivity contribution is 0.470. The molecule has 0 aliphatic rings. The van der Waals surface area contributed by atoms with Crippen molar-refractivity contribution in [3.8, 4) is 0 Å². The molecule has 0 bridgehead atoms. The Morgan fingerprint density at radius 1 is 1.20 bits per heavy atom. The summed E-state index contributed by atoms with van der Waals surface area (Å²) in [5.74, 6) is 1.33. The summed E-state index contributed by atoms with van der Waals surface area (Å²) in [7, 11) is 0. The van der Waals surface area contributed by atoms with Crippen LogP contribution in [-0.2, 0) is 6.42 Å². The van der Waals surface area contributed by atoms with E-state index in [4.69, 9.17) is 0 Å². The van der Waals surface area contributed by atoms with Crippen LogP contribution in [0.3, 0.4) is 0 Å². The molecule has 3 heteroatoms. The number of hydrogen-bond acceptors (Lipinski definition) is 3. The average molecular weight is 207 g/mol. The summed E-state index contributed by atoms with van der Waals surface area (Å²) in [4.78, 5) is 8.33. The van der Waals surface area contributed by atoms with Crippen LogP contribution in [0.1, 0.15) is 26.5 Å². The van der Waals surface area contributed by atoms with E-state index in [0.717, 1.165) is 25.2 Å². The maximum atomic E-state index is 4.27. The second-order valence-corrected chi connectivity index (χ2v) is 4.56. The van der Waals surface area contributed by atoms with Gasteiger partial charge in [-0.15, -0.1) is 0 Å². The Kier molecular flexibility index (Phi) is 5.26. The van der Waals surface area contributed by atoms with E-state index < -0.39 is 0 Å². The Morgan fingerprint density at radius 2 is 2.00 bits per heavy atom. The van der Waals surface area contributed by atoms with Gasteiger partial charge in [-0.05, 0) is 31.3 Å². The minimum Gasteiger partial charge on any atom is -0.316 e. The first-order valence-corrected chi connectivity index (χ1v) is 5.64. The highest BCUT2D eigenvalue weighted by atomic mass is 14.9. The SMILES string of the molecule is CC(C)CNCC(C)Cc1cnccn1. The van der Waals surface area contributed by atoms with Crippen LogP contribution in [0.5, 0.6) is 0 Å². The Balaban J connectivity index is 2.21. The molecule has 0 aromatic carbocycles. The van der Waals surface area contributed by atoms with Crippen LogP contribution in [-0.4, -0.2) is 23.1 Å². The molecule has 0 fully saturated rings. The third kappa shape index (κ3) is 5.47. The van der Waals surface area contributed by atoms with Crippen LogP contribution in [0.2, 0.25) is 0 Å². The van der Waals surface area contributed by atoms with Gasteiger partial charge in [-0.2, -0.15) is 0 Å². The van der Waals surface area contributed by atoms with Gasteiger partial charge in [0.2, 0.25) is 0 Å². The Morgan fingerprint density at radius 3 is 2.60 bits per heavy atom. The summed E-state index contributed by atoms with van der Waals surface area (Å²) in [6.07, 6.45) is 6.31. The Labute approximate surface area is 92.3 Å². The van der Waals surface area contributed by atoms with Gasteiger partial charge < -0.3 is 5.32 Å². The first kappa shape index (κ1) is 12.1. The van der Waals surface area contributed by atoms with Gasteiger partial charge in [-0.3, -0.25) is 9.97 Å². The van der Waals surface area contributed by atoms with E-state index in [-0.39, 0.29) is 0 Å². The molecule has 1 unspecified atom stereocenters. The third-order valence-corrected chi connectivity index (χ3v) is 2.22. The monoisotopic (exact) mass is 207 g/mol. The molecule has 1 rings (SSSR count). The number of rotatable bonds is 6. The lowest BCUT2D eigenvalue weighted by atomic mass is 10.1. The summed E-state index contributed by atoms with van der Waals surface area (Å²) in [6.45, 7) is 8.82.